The minimum Gasteiger partial charge on any atom is -0.372 e. The summed E-state index contributed by atoms with van der Waals surface area (Å²) in [5.74, 6) is -0.0611. The number of methoxy groups -OCH3 is 1. The summed E-state index contributed by atoms with van der Waals surface area (Å²) in [5.41, 5.74) is 0.927. The van der Waals surface area contributed by atoms with Crippen molar-refractivity contribution in [2.45, 2.75) is 75.0 Å². The zero-order chi connectivity index (χ0) is 24.7. The van der Waals surface area contributed by atoms with Gasteiger partial charge in [0.05, 0.1) is 21.1 Å². The molecule has 33 heavy (non-hydrogen) atoms. The summed E-state index contributed by atoms with van der Waals surface area (Å²) in [6.45, 7) is 9.40. The Morgan fingerprint density at radius 2 is 1.91 bits per heavy atom. The lowest BCUT2D eigenvalue weighted by Crippen LogP contribution is -2.42. The molecule has 1 saturated heterocycles. The van der Waals surface area contributed by atoms with Crippen molar-refractivity contribution >= 4 is 19.7 Å². The van der Waals surface area contributed by atoms with Crippen molar-refractivity contribution in [1.29, 1.82) is 0 Å². The van der Waals surface area contributed by atoms with Crippen molar-refractivity contribution in [2.75, 3.05) is 19.5 Å². The molecule has 0 spiro atoms. The van der Waals surface area contributed by atoms with Crippen LogP contribution in [-0.2, 0) is 35.9 Å². The Bertz CT molecular complexity index is 1210. The highest BCUT2D eigenvalue weighted by Crippen LogP contribution is 2.42. The van der Waals surface area contributed by atoms with E-state index in [-0.39, 0.29) is 35.4 Å². The zero-order valence-corrected chi connectivity index (χ0v) is 21.8. The fourth-order valence-electron chi connectivity index (χ4n) is 4.16. The van der Waals surface area contributed by atoms with Gasteiger partial charge in [-0.1, -0.05) is 32.9 Å². The first-order valence-electron chi connectivity index (χ1n) is 10.9. The molecule has 2 aromatic rings. The molecule has 1 fully saturated rings. The molecule has 2 atom stereocenters. The van der Waals surface area contributed by atoms with Crippen LogP contribution in [0.25, 0.3) is 0 Å². The average Bonchev–Trinajstić information content (AvgIpc) is 3.11. The molecule has 2 heterocycles. The Labute approximate surface area is 197 Å². The van der Waals surface area contributed by atoms with Crippen molar-refractivity contribution < 1.29 is 26.3 Å². The molecule has 8 nitrogen and oxygen atoms in total. The van der Waals surface area contributed by atoms with Crippen molar-refractivity contribution in [2.24, 2.45) is 5.41 Å². The van der Waals surface area contributed by atoms with Gasteiger partial charge in [-0.3, -0.25) is 0 Å². The van der Waals surface area contributed by atoms with E-state index in [1.807, 2.05) is 33.8 Å². The van der Waals surface area contributed by atoms with Crippen LogP contribution in [0.3, 0.4) is 0 Å². The minimum absolute atomic E-state index is 0.0293. The number of aryl methyl sites for hydroxylation is 1. The van der Waals surface area contributed by atoms with Gasteiger partial charge >= 0.3 is 0 Å². The van der Waals surface area contributed by atoms with Crippen molar-refractivity contribution in [3.8, 4) is 0 Å². The van der Waals surface area contributed by atoms with Crippen LogP contribution >= 0.6 is 0 Å². The average molecular weight is 499 g/mol. The number of ether oxygens (including phenoxy) is 2. The third kappa shape index (κ3) is 5.50. The monoisotopic (exact) mass is 498 g/mol. The first kappa shape index (κ1) is 25.9. The van der Waals surface area contributed by atoms with E-state index in [0.717, 1.165) is 5.56 Å². The van der Waals surface area contributed by atoms with E-state index in [2.05, 4.69) is 5.10 Å². The summed E-state index contributed by atoms with van der Waals surface area (Å²) in [6, 6.07) is 8.39. The van der Waals surface area contributed by atoms with E-state index in [9.17, 15) is 16.8 Å². The molecule has 0 amide bonds. The smallest absolute Gasteiger partial charge is 0.197 e. The molecule has 1 aromatic carbocycles. The normalized spacial score (nSPS) is 22.4. The van der Waals surface area contributed by atoms with E-state index in [4.69, 9.17) is 9.47 Å². The van der Waals surface area contributed by atoms with E-state index in [1.165, 1.54) is 17.9 Å². The first-order chi connectivity index (χ1) is 15.2. The highest BCUT2D eigenvalue weighted by Gasteiger charge is 2.46. The largest absolute Gasteiger partial charge is 0.372 e. The molecule has 0 radical (unpaired) electrons. The molecule has 1 aliphatic rings. The molecule has 0 bridgehead atoms. The van der Waals surface area contributed by atoms with Crippen LogP contribution in [0.15, 0.2) is 40.3 Å². The van der Waals surface area contributed by atoms with Crippen molar-refractivity contribution in [1.82, 2.24) is 9.78 Å². The van der Waals surface area contributed by atoms with Crippen LogP contribution in [0.1, 0.15) is 57.9 Å². The second-order valence-corrected chi connectivity index (χ2v) is 14.6. The second-order valence-electron chi connectivity index (χ2n) is 10.2. The minimum atomic E-state index is -3.65. The molecule has 10 heteroatoms. The van der Waals surface area contributed by atoms with Gasteiger partial charge in [0.25, 0.3) is 0 Å². The van der Waals surface area contributed by atoms with Crippen LogP contribution in [0.2, 0.25) is 0 Å². The Morgan fingerprint density at radius 3 is 2.52 bits per heavy atom. The second kappa shape index (κ2) is 9.13. The van der Waals surface area contributed by atoms with Gasteiger partial charge in [-0.15, -0.1) is 0 Å². The SMILES string of the molecule is COCn1nc(S(=O)(=O)CC(C)(C)C)cc1C1CC(C)(S(=O)(=O)c2cccc(C)c2)CCO1. The third-order valence-electron chi connectivity index (χ3n) is 5.83. The van der Waals surface area contributed by atoms with Crippen LogP contribution in [0.4, 0.5) is 0 Å². The zero-order valence-electron chi connectivity index (χ0n) is 20.2. The predicted octanol–water partition coefficient (Wildman–Crippen LogP) is 3.70. The number of rotatable bonds is 7. The number of hydrogen-bond donors (Lipinski definition) is 0. The standard InChI is InChI=1S/C23H34N2O6S2/c1-17-8-7-9-18(12-17)33(28,29)23(5)10-11-31-20(14-23)19-13-21(24-25(19)16-30-6)32(26,27)15-22(2,3)4/h7-9,12-13,20H,10-11,14-16H2,1-6H3. The summed E-state index contributed by atoms with van der Waals surface area (Å²) < 4.78 is 64.6. The third-order valence-corrected chi connectivity index (χ3v) is 10.5. The van der Waals surface area contributed by atoms with E-state index in [0.29, 0.717) is 12.1 Å². The fraction of sp³-hybridized carbons (Fsp3) is 0.609. The molecular formula is C23H34N2O6S2. The van der Waals surface area contributed by atoms with E-state index in [1.54, 1.807) is 25.1 Å². The van der Waals surface area contributed by atoms with Crippen LogP contribution in [0, 0.1) is 12.3 Å². The highest BCUT2D eigenvalue weighted by molar-refractivity contribution is 7.92. The topological polar surface area (TPSA) is 105 Å². The summed E-state index contributed by atoms with van der Waals surface area (Å²) in [5, 5.41) is 4.23. The van der Waals surface area contributed by atoms with Crippen LogP contribution in [-0.4, -0.2) is 50.8 Å². The quantitative estimate of drug-likeness (QED) is 0.573. The lowest BCUT2D eigenvalue weighted by atomic mass is 9.95. The maximum atomic E-state index is 13.6. The Kier molecular flexibility index (Phi) is 7.15. The van der Waals surface area contributed by atoms with Gasteiger partial charge in [0.1, 0.15) is 12.8 Å². The number of hydrogen-bond acceptors (Lipinski definition) is 7. The van der Waals surface area contributed by atoms with Crippen LogP contribution < -0.4 is 0 Å². The Morgan fingerprint density at radius 1 is 1.21 bits per heavy atom. The van der Waals surface area contributed by atoms with E-state index >= 15 is 0 Å². The van der Waals surface area contributed by atoms with Gasteiger partial charge in [-0.05, 0) is 49.8 Å². The lowest BCUT2D eigenvalue weighted by Gasteiger charge is -2.37. The first-order valence-corrected chi connectivity index (χ1v) is 14.0. The molecular weight excluding hydrogens is 464 g/mol. The molecule has 0 aliphatic carbocycles. The molecule has 184 valence electrons. The maximum absolute atomic E-state index is 13.6. The summed E-state index contributed by atoms with van der Waals surface area (Å²) in [6.07, 6.45) is -0.116. The molecule has 3 rings (SSSR count). The molecule has 0 N–H and O–H groups in total. The van der Waals surface area contributed by atoms with Gasteiger partial charge in [0.2, 0.25) is 0 Å². The molecule has 1 aromatic heterocycles. The number of sulfone groups is 2. The predicted molar refractivity (Wildman–Crippen MR) is 125 cm³/mol. The maximum Gasteiger partial charge on any atom is 0.197 e. The van der Waals surface area contributed by atoms with Crippen LogP contribution in [0.5, 0.6) is 0 Å². The van der Waals surface area contributed by atoms with Gasteiger partial charge in [-0.2, -0.15) is 5.10 Å². The molecule has 0 saturated carbocycles. The fourth-order valence-corrected chi connectivity index (χ4v) is 7.86. The lowest BCUT2D eigenvalue weighted by molar-refractivity contribution is -0.00919. The number of benzene rings is 1. The number of nitrogens with zero attached hydrogens (tertiary/aromatic N) is 2. The summed E-state index contributed by atoms with van der Waals surface area (Å²) in [4.78, 5) is 0.282. The Balaban J connectivity index is 1.99. The van der Waals surface area contributed by atoms with Gasteiger partial charge in [0.15, 0.2) is 24.7 Å². The molecule has 1 aliphatic heterocycles. The number of aromatic nitrogens is 2. The van der Waals surface area contributed by atoms with Gasteiger partial charge in [0, 0.05) is 19.8 Å². The van der Waals surface area contributed by atoms with Crippen molar-refractivity contribution in [3.63, 3.8) is 0 Å². The van der Waals surface area contributed by atoms with Crippen molar-refractivity contribution in [3.05, 3.63) is 41.6 Å². The van der Waals surface area contributed by atoms with Gasteiger partial charge in [-0.25, -0.2) is 21.5 Å². The summed E-state index contributed by atoms with van der Waals surface area (Å²) >= 11 is 0. The van der Waals surface area contributed by atoms with Gasteiger partial charge < -0.3 is 9.47 Å². The summed E-state index contributed by atoms with van der Waals surface area (Å²) in [7, 11) is -5.81. The van der Waals surface area contributed by atoms with E-state index < -0.39 is 35.9 Å². The molecule has 2 unspecified atom stereocenters. The Hall–Kier alpha value is -1.75. The highest BCUT2D eigenvalue weighted by atomic mass is 32.2.